The number of halogens is 1. The molecular weight excluding hydrogens is 238 g/mol. The fourth-order valence-electron chi connectivity index (χ4n) is 1.13. The van der Waals surface area contributed by atoms with Gasteiger partial charge >= 0.3 is 5.97 Å². The van der Waals surface area contributed by atoms with Crippen molar-refractivity contribution >= 4 is 29.5 Å². The van der Waals surface area contributed by atoms with Crippen LogP contribution in [0.15, 0.2) is 12.1 Å². The minimum absolute atomic E-state index is 0.0533. The van der Waals surface area contributed by atoms with Crippen LogP contribution in [0.5, 0.6) is 0 Å². The molecule has 0 spiro atoms. The van der Waals surface area contributed by atoms with Gasteiger partial charge in [-0.05, 0) is 6.07 Å². The van der Waals surface area contributed by atoms with Crippen molar-refractivity contribution in [1.82, 2.24) is 0 Å². The van der Waals surface area contributed by atoms with Crippen molar-refractivity contribution in [2.45, 2.75) is 0 Å². The first-order valence-electron chi connectivity index (χ1n) is 4.03. The van der Waals surface area contributed by atoms with Gasteiger partial charge in [0.2, 0.25) is 0 Å². The van der Waals surface area contributed by atoms with Gasteiger partial charge in [-0.25, -0.2) is 4.79 Å². The number of methoxy groups -OCH3 is 1. The lowest BCUT2D eigenvalue weighted by atomic mass is 10.1. The lowest BCUT2D eigenvalue weighted by molar-refractivity contribution is -0.384. The Hall–Kier alpha value is -1.95. The molecule has 0 amide bonds. The first-order chi connectivity index (χ1) is 7.52. The number of nitrogens with zero attached hydrogens (tertiary/aromatic N) is 1. The second kappa shape index (κ2) is 4.71. The molecule has 0 atom stereocenters. The smallest absolute Gasteiger partial charge is 0.340 e. The minimum Gasteiger partial charge on any atom is -0.465 e. The van der Waals surface area contributed by atoms with Crippen LogP contribution in [0, 0.1) is 10.1 Å². The summed E-state index contributed by atoms with van der Waals surface area (Å²) in [5, 5.41) is 10.2. The zero-order valence-electron chi connectivity index (χ0n) is 8.10. The van der Waals surface area contributed by atoms with Crippen molar-refractivity contribution in [3.63, 3.8) is 0 Å². The van der Waals surface area contributed by atoms with Crippen molar-refractivity contribution in [2.24, 2.45) is 0 Å². The largest absolute Gasteiger partial charge is 0.465 e. The summed E-state index contributed by atoms with van der Waals surface area (Å²) in [5.41, 5.74) is -0.802. The van der Waals surface area contributed by atoms with E-state index in [-0.39, 0.29) is 11.1 Å². The molecule has 6 nitrogen and oxygen atoms in total. The van der Waals surface area contributed by atoms with Crippen molar-refractivity contribution < 1.29 is 19.2 Å². The highest BCUT2D eigenvalue weighted by Crippen LogP contribution is 2.30. The normalized spacial score (nSPS) is 9.62. The van der Waals surface area contributed by atoms with Crippen LogP contribution in [0.1, 0.15) is 20.7 Å². The predicted octanol–water partition coefficient (Wildman–Crippen LogP) is 1.85. The highest BCUT2D eigenvalue weighted by molar-refractivity contribution is 6.36. The van der Waals surface area contributed by atoms with Crippen molar-refractivity contribution in [1.29, 1.82) is 0 Å². The quantitative estimate of drug-likeness (QED) is 0.350. The second-order valence-electron chi connectivity index (χ2n) is 2.73. The molecular formula is C9H6ClNO5. The van der Waals surface area contributed by atoms with E-state index in [0.29, 0.717) is 6.29 Å². The number of carbonyl (C=O) groups excluding carboxylic acids is 2. The van der Waals surface area contributed by atoms with E-state index >= 15 is 0 Å². The zero-order valence-corrected chi connectivity index (χ0v) is 8.85. The van der Waals surface area contributed by atoms with Gasteiger partial charge in [0, 0.05) is 11.6 Å². The third-order valence-corrected chi connectivity index (χ3v) is 2.25. The van der Waals surface area contributed by atoms with E-state index in [1.807, 2.05) is 0 Å². The maximum Gasteiger partial charge on any atom is 0.340 e. The molecule has 0 aliphatic carbocycles. The van der Waals surface area contributed by atoms with E-state index in [9.17, 15) is 19.7 Å². The molecule has 0 heterocycles. The van der Waals surface area contributed by atoms with E-state index in [1.165, 1.54) is 0 Å². The number of hydrogen-bond donors (Lipinski definition) is 0. The number of rotatable bonds is 3. The maximum atomic E-state index is 11.3. The molecule has 0 saturated heterocycles. The van der Waals surface area contributed by atoms with Gasteiger partial charge in [0.15, 0.2) is 6.29 Å². The highest BCUT2D eigenvalue weighted by atomic mass is 35.5. The van der Waals surface area contributed by atoms with Gasteiger partial charge in [-0.15, -0.1) is 0 Å². The van der Waals surface area contributed by atoms with Gasteiger partial charge in [-0.2, -0.15) is 0 Å². The number of nitro benzene ring substituents is 1. The number of hydrogen-bond acceptors (Lipinski definition) is 5. The summed E-state index contributed by atoms with van der Waals surface area (Å²) in [5.74, 6) is -0.893. The highest BCUT2D eigenvalue weighted by Gasteiger charge is 2.24. The third kappa shape index (κ3) is 2.01. The Morgan fingerprint density at radius 1 is 1.56 bits per heavy atom. The van der Waals surface area contributed by atoms with Crippen LogP contribution in [0.4, 0.5) is 5.69 Å². The third-order valence-electron chi connectivity index (χ3n) is 1.87. The van der Waals surface area contributed by atoms with E-state index < -0.39 is 21.6 Å². The van der Waals surface area contributed by atoms with Crippen molar-refractivity contribution in [3.05, 3.63) is 38.4 Å². The molecule has 16 heavy (non-hydrogen) atoms. The molecule has 84 valence electrons. The summed E-state index contributed by atoms with van der Waals surface area (Å²) in [6.07, 6.45) is 0.377. The molecule has 0 radical (unpaired) electrons. The fourth-order valence-corrected chi connectivity index (χ4v) is 1.45. The number of ether oxygens (including phenoxy) is 1. The molecule has 0 fully saturated rings. The van der Waals surface area contributed by atoms with Crippen LogP contribution in [0.25, 0.3) is 0 Å². The summed E-state index contributed by atoms with van der Waals surface area (Å²) in [6, 6.07) is 2.20. The Labute approximate surface area is 94.9 Å². The molecule has 0 aliphatic heterocycles. The molecule has 1 rings (SSSR count). The van der Waals surface area contributed by atoms with Crippen molar-refractivity contribution in [2.75, 3.05) is 7.11 Å². The minimum atomic E-state index is -0.893. The number of esters is 1. The number of nitro groups is 1. The van der Waals surface area contributed by atoms with Gasteiger partial charge < -0.3 is 4.74 Å². The maximum absolute atomic E-state index is 11.3. The van der Waals surface area contributed by atoms with Gasteiger partial charge in [0.25, 0.3) is 5.69 Å². The summed E-state index contributed by atoms with van der Waals surface area (Å²) < 4.78 is 4.39. The Morgan fingerprint density at radius 3 is 2.62 bits per heavy atom. The SMILES string of the molecule is COC(=O)c1c(C=O)ccc([N+](=O)[O-])c1Cl. The van der Waals surface area contributed by atoms with E-state index in [0.717, 1.165) is 19.2 Å². The van der Waals surface area contributed by atoms with Crippen LogP contribution >= 0.6 is 11.6 Å². The zero-order chi connectivity index (χ0) is 12.3. The van der Waals surface area contributed by atoms with Gasteiger partial charge in [0.05, 0.1) is 17.6 Å². The molecule has 1 aromatic carbocycles. The molecule has 0 aromatic heterocycles. The first-order valence-corrected chi connectivity index (χ1v) is 4.41. The van der Waals surface area contributed by atoms with Crippen LogP contribution in [0.3, 0.4) is 0 Å². The molecule has 0 saturated carbocycles. The Kier molecular flexibility index (Phi) is 3.57. The molecule has 1 aromatic rings. The van der Waals surface area contributed by atoms with Crippen LogP contribution in [0.2, 0.25) is 5.02 Å². The van der Waals surface area contributed by atoms with Crippen LogP contribution < -0.4 is 0 Å². The fraction of sp³-hybridized carbons (Fsp3) is 0.111. The topological polar surface area (TPSA) is 86.5 Å². The number of benzene rings is 1. The molecule has 0 N–H and O–H groups in total. The lowest BCUT2D eigenvalue weighted by Crippen LogP contribution is -2.07. The molecule has 0 aliphatic rings. The van der Waals surface area contributed by atoms with Gasteiger partial charge in [-0.3, -0.25) is 14.9 Å². The molecule has 7 heteroatoms. The Balaban J connectivity index is 3.52. The summed E-state index contributed by atoms with van der Waals surface area (Å²) in [6.45, 7) is 0. The summed E-state index contributed by atoms with van der Waals surface area (Å²) in [7, 11) is 1.09. The van der Waals surface area contributed by atoms with Gasteiger partial charge in [0.1, 0.15) is 5.02 Å². The average Bonchev–Trinajstić information content (AvgIpc) is 2.26. The number of carbonyl (C=O) groups is 2. The van der Waals surface area contributed by atoms with E-state index in [2.05, 4.69) is 4.74 Å². The lowest BCUT2D eigenvalue weighted by Gasteiger charge is -2.05. The number of aldehydes is 1. The predicted molar refractivity (Wildman–Crippen MR) is 54.8 cm³/mol. The van der Waals surface area contributed by atoms with Crippen LogP contribution in [-0.2, 0) is 4.74 Å². The Morgan fingerprint density at radius 2 is 2.19 bits per heavy atom. The van der Waals surface area contributed by atoms with Gasteiger partial charge in [-0.1, -0.05) is 11.6 Å². The molecule has 0 unspecified atom stereocenters. The monoisotopic (exact) mass is 243 g/mol. The van der Waals surface area contributed by atoms with Crippen LogP contribution in [-0.4, -0.2) is 24.3 Å². The Bertz CT molecular complexity index is 471. The summed E-state index contributed by atoms with van der Waals surface area (Å²) >= 11 is 5.66. The second-order valence-corrected chi connectivity index (χ2v) is 3.11. The van der Waals surface area contributed by atoms with Crippen molar-refractivity contribution in [3.8, 4) is 0 Å². The average molecular weight is 244 g/mol. The van der Waals surface area contributed by atoms with E-state index in [1.54, 1.807) is 0 Å². The standard InChI is InChI=1S/C9H6ClNO5/c1-16-9(13)7-5(4-12)2-3-6(8(7)10)11(14)15/h2-4H,1H3. The summed E-state index contributed by atoms with van der Waals surface area (Å²) in [4.78, 5) is 31.8. The first kappa shape index (κ1) is 12.1. The molecule has 0 bridgehead atoms. The van der Waals surface area contributed by atoms with E-state index in [4.69, 9.17) is 11.6 Å².